The maximum atomic E-state index is 12.8. The fraction of sp³-hybridized carbons (Fsp3) is 0.544. The van der Waals surface area contributed by atoms with E-state index < -0.39 is 6.10 Å². The van der Waals surface area contributed by atoms with Gasteiger partial charge in [0.25, 0.3) is 0 Å². The molecule has 6 nitrogen and oxygen atoms in total. The van der Waals surface area contributed by atoms with E-state index >= 15 is 0 Å². The second-order valence-electron chi connectivity index (χ2n) is 18.4. The zero-order valence-electron chi connectivity index (χ0n) is 47.0. The highest BCUT2D eigenvalue weighted by atomic mass is 16.6. The molecule has 0 bridgehead atoms. The van der Waals surface area contributed by atoms with E-state index in [1.165, 1.54) is 19.3 Å². The summed E-state index contributed by atoms with van der Waals surface area (Å²) in [6.07, 6.45) is 89.5. The molecule has 74 heavy (non-hydrogen) atoms. The van der Waals surface area contributed by atoms with Gasteiger partial charge in [-0.15, -0.1) is 0 Å². The van der Waals surface area contributed by atoms with Crippen LogP contribution in [0.4, 0.5) is 0 Å². The molecule has 0 heterocycles. The van der Waals surface area contributed by atoms with Crippen molar-refractivity contribution in [3.8, 4) is 0 Å². The van der Waals surface area contributed by atoms with E-state index in [9.17, 15) is 14.4 Å². The van der Waals surface area contributed by atoms with Crippen LogP contribution in [0.2, 0.25) is 0 Å². The van der Waals surface area contributed by atoms with Gasteiger partial charge in [0.2, 0.25) is 0 Å². The molecule has 0 aromatic rings. The molecule has 0 N–H and O–H groups in total. The first kappa shape index (κ1) is 68.8. The first-order valence-electron chi connectivity index (χ1n) is 29.1. The van der Waals surface area contributed by atoms with Crippen LogP contribution in [-0.2, 0) is 28.6 Å². The quantitative estimate of drug-likeness (QED) is 0.0261. The smallest absolute Gasteiger partial charge is 0.306 e. The van der Waals surface area contributed by atoms with Crippen molar-refractivity contribution in [1.29, 1.82) is 0 Å². The summed E-state index contributed by atoms with van der Waals surface area (Å²) in [5.41, 5.74) is 0. The third kappa shape index (κ3) is 57.7. The van der Waals surface area contributed by atoms with Crippen LogP contribution >= 0.6 is 0 Å². The standard InChI is InChI=1S/C68H104O6/c1-4-7-10-13-16-18-20-22-24-26-28-30-31-32-33-34-35-36-37-39-40-42-44-46-48-50-52-55-58-61-67(70)73-64-65(63-72-66(69)60-57-54-15-12-9-6-3)74-68(71)62-59-56-53-51-49-47-45-43-41-38-29-27-25-23-21-19-17-14-11-8-5-2/h7-8,10-11,16-19,22-25,28-30,32-33,35-36,38-40,43-46,50,52,65H,4-6,9,12-15,20-21,26-27,31,34,37,41-42,47-49,51,53-64H2,1-3H3/b10-7-,11-8-,18-16-,19-17-,24-22-,25-23-,30-28-,33-32-,36-35-,38-29-,40-39-,45-43-,46-44-,52-50-. The highest BCUT2D eigenvalue weighted by Crippen LogP contribution is 2.12. The number of unbranched alkanes of at least 4 members (excludes halogenated alkanes) is 11. The van der Waals surface area contributed by atoms with Gasteiger partial charge < -0.3 is 14.2 Å². The highest BCUT2D eigenvalue weighted by Gasteiger charge is 2.19. The summed E-state index contributed by atoms with van der Waals surface area (Å²) < 4.78 is 16.7. The summed E-state index contributed by atoms with van der Waals surface area (Å²) in [6.45, 7) is 6.26. The zero-order chi connectivity index (χ0) is 53.6. The van der Waals surface area contributed by atoms with Gasteiger partial charge in [-0.25, -0.2) is 0 Å². The van der Waals surface area contributed by atoms with Crippen LogP contribution in [0.1, 0.15) is 220 Å². The van der Waals surface area contributed by atoms with Crippen LogP contribution in [0.15, 0.2) is 170 Å². The molecule has 0 aromatic carbocycles. The Morgan fingerprint density at radius 3 is 0.878 bits per heavy atom. The summed E-state index contributed by atoms with van der Waals surface area (Å²) in [6, 6.07) is 0. The van der Waals surface area contributed by atoms with Crippen LogP contribution in [0, 0.1) is 0 Å². The summed E-state index contributed by atoms with van der Waals surface area (Å²) in [4.78, 5) is 37.9. The monoisotopic (exact) mass is 1020 g/mol. The number of rotatable bonds is 50. The molecule has 0 saturated heterocycles. The molecule has 0 aliphatic rings. The number of esters is 3. The molecule has 0 fully saturated rings. The Labute approximate surface area is 453 Å². The van der Waals surface area contributed by atoms with Crippen molar-refractivity contribution < 1.29 is 28.6 Å². The SMILES string of the molecule is CC/C=C\C/C=C\C/C=C\C/C=C\C/C=C\C/C=C\C/C=C\C/C=C\C/C=C\CCCC(=O)OCC(COC(=O)CCCCCCCC)OC(=O)CCCCCCC/C=C\C/C=C\C/C=C\C/C=C\C/C=C\CC. The Kier molecular flexibility index (Phi) is 56.1. The third-order valence-electron chi connectivity index (χ3n) is 11.5. The van der Waals surface area contributed by atoms with E-state index in [4.69, 9.17) is 14.2 Å². The second kappa shape index (κ2) is 60.3. The molecule has 0 aliphatic heterocycles. The zero-order valence-corrected chi connectivity index (χ0v) is 47.0. The number of hydrogen-bond acceptors (Lipinski definition) is 6. The van der Waals surface area contributed by atoms with Gasteiger partial charge in [0.1, 0.15) is 13.2 Å². The summed E-state index contributed by atoms with van der Waals surface area (Å²) in [5.74, 6) is -1.02. The Morgan fingerprint density at radius 1 is 0.284 bits per heavy atom. The lowest BCUT2D eigenvalue weighted by atomic mass is 10.1. The molecule has 0 aliphatic carbocycles. The minimum Gasteiger partial charge on any atom is -0.462 e. The van der Waals surface area contributed by atoms with Crippen LogP contribution in [0.5, 0.6) is 0 Å². The molecule has 0 aromatic heterocycles. The van der Waals surface area contributed by atoms with E-state index in [-0.39, 0.29) is 44.0 Å². The fourth-order valence-corrected chi connectivity index (χ4v) is 7.17. The molecule has 0 spiro atoms. The average molecular weight is 1020 g/mol. The lowest BCUT2D eigenvalue weighted by molar-refractivity contribution is -0.167. The molecular formula is C68H104O6. The van der Waals surface area contributed by atoms with Gasteiger partial charge in [-0.1, -0.05) is 242 Å². The molecule has 6 heteroatoms. The van der Waals surface area contributed by atoms with Crippen molar-refractivity contribution in [3.63, 3.8) is 0 Å². The van der Waals surface area contributed by atoms with Crippen LogP contribution in [0.25, 0.3) is 0 Å². The van der Waals surface area contributed by atoms with Gasteiger partial charge in [0, 0.05) is 19.3 Å². The molecule has 1 atom stereocenters. The maximum Gasteiger partial charge on any atom is 0.306 e. The van der Waals surface area contributed by atoms with Gasteiger partial charge in [-0.3, -0.25) is 14.4 Å². The third-order valence-corrected chi connectivity index (χ3v) is 11.5. The van der Waals surface area contributed by atoms with Gasteiger partial charge in [-0.05, 0) is 128 Å². The Hall–Kier alpha value is -5.23. The first-order chi connectivity index (χ1) is 36.5. The lowest BCUT2D eigenvalue weighted by Gasteiger charge is -2.18. The van der Waals surface area contributed by atoms with E-state index in [2.05, 4.69) is 191 Å². The minimum atomic E-state index is -0.818. The fourth-order valence-electron chi connectivity index (χ4n) is 7.17. The largest absolute Gasteiger partial charge is 0.462 e. The number of ether oxygens (including phenoxy) is 3. The van der Waals surface area contributed by atoms with E-state index in [1.54, 1.807) is 0 Å². The van der Waals surface area contributed by atoms with Gasteiger partial charge in [0.05, 0.1) is 0 Å². The van der Waals surface area contributed by atoms with Gasteiger partial charge in [-0.2, -0.15) is 0 Å². The first-order valence-corrected chi connectivity index (χ1v) is 29.1. The van der Waals surface area contributed by atoms with E-state index in [0.29, 0.717) is 12.8 Å². The topological polar surface area (TPSA) is 78.9 Å². The molecule has 1 unspecified atom stereocenters. The summed E-state index contributed by atoms with van der Waals surface area (Å²) in [7, 11) is 0. The van der Waals surface area contributed by atoms with Crippen molar-refractivity contribution in [2.75, 3.05) is 13.2 Å². The normalized spacial score (nSPS) is 13.4. The van der Waals surface area contributed by atoms with Crippen molar-refractivity contribution in [1.82, 2.24) is 0 Å². The molecule has 0 amide bonds. The van der Waals surface area contributed by atoms with Crippen LogP contribution in [-0.4, -0.2) is 37.2 Å². The highest BCUT2D eigenvalue weighted by molar-refractivity contribution is 5.71. The Bertz CT molecular complexity index is 1740. The predicted octanol–water partition coefficient (Wildman–Crippen LogP) is 19.9. The van der Waals surface area contributed by atoms with E-state index in [1.807, 2.05) is 0 Å². The maximum absolute atomic E-state index is 12.8. The van der Waals surface area contributed by atoms with Gasteiger partial charge in [0.15, 0.2) is 6.10 Å². The number of carbonyl (C=O) groups excluding carboxylic acids is 3. The Balaban J connectivity index is 4.34. The molecular weight excluding hydrogens is 913 g/mol. The van der Waals surface area contributed by atoms with Gasteiger partial charge >= 0.3 is 17.9 Å². The van der Waals surface area contributed by atoms with Crippen molar-refractivity contribution in [2.45, 2.75) is 226 Å². The van der Waals surface area contributed by atoms with Crippen molar-refractivity contribution in [3.05, 3.63) is 170 Å². The Morgan fingerprint density at radius 2 is 0.541 bits per heavy atom. The summed E-state index contributed by atoms with van der Waals surface area (Å²) >= 11 is 0. The minimum absolute atomic E-state index is 0.112. The van der Waals surface area contributed by atoms with Crippen molar-refractivity contribution in [2.24, 2.45) is 0 Å². The van der Waals surface area contributed by atoms with E-state index in [0.717, 1.165) is 154 Å². The molecule has 0 saturated carbocycles. The average Bonchev–Trinajstić information content (AvgIpc) is 3.40. The predicted molar refractivity (Wildman–Crippen MR) is 320 cm³/mol. The number of allylic oxidation sites excluding steroid dienone is 28. The second-order valence-corrected chi connectivity index (χ2v) is 18.4. The van der Waals surface area contributed by atoms with Crippen molar-refractivity contribution >= 4 is 17.9 Å². The molecule has 0 radical (unpaired) electrons. The summed E-state index contributed by atoms with van der Waals surface area (Å²) in [5, 5.41) is 0. The van der Waals surface area contributed by atoms with Crippen LogP contribution in [0.3, 0.4) is 0 Å². The number of carbonyl (C=O) groups is 3. The molecule has 412 valence electrons. The molecule has 0 rings (SSSR count). The van der Waals surface area contributed by atoms with Crippen LogP contribution < -0.4 is 0 Å². The lowest BCUT2D eigenvalue weighted by Crippen LogP contribution is -2.30. The number of hydrogen-bond donors (Lipinski definition) is 0.